The molecule has 0 unspecified atom stereocenters. The maximum atomic E-state index is 4.58. The average Bonchev–Trinajstić information content (AvgIpc) is 2.60. The standard InChI is InChI=1S/C13H23N3S2/c1-13(2,3)15-10-11-9-14-12(18-11)16-5-4-7-17-8-6-16/h9,15H,4-8,10H2,1-3H3. The second-order valence-corrected chi connectivity index (χ2v) is 7.98. The van der Waals surface area contributed by atoms with Crippen molar-refractivity contribution in [2.45, 2.75) is 39.3 Å². The van der Waals surface area contributed by atoms with Crippen molar-refractivity contribution in [3.63, 3.8) is 0 Å². The number of nitrogens with zero attached hydrogens (tertiary/aromatic N) is 2. The van der Waals surface area contributed by atoms with Crippen LogP contribution in [0.25, 0.3) is 0 Å². The van der Waals surface area contributed by atoms with Crippen LogP contribution in [0.5, 0.6) is 0 Å². The van der Waals surface area contributed by atoms with Crippen molar-refractivity contribution in [3.8, 4) is 0 Å². The van der Waals surface area contributed by atoms with E-state index in [4.69, 9.17) is 0 Å². The highest BCUT2D eigenvalue weighted by atomic mass is 32.2. The summed E-state index contributed by atoms with van der Waals surface area (Å²) in [4.78, 5) is 8.34. The fraction of sp³-hybridized carbons (Fsp3) is 0.769. The van der Waals surface area contributed by atoms with Gasteiger partial charge >= 0.3 is 0 Å². The molecule has 0 aliphatic carbocycles. The quantitative estimate of drug-likeness (QED) is 0.924. The summed E-state index contributed by atoms with van der Waals surface area (Å²) in [5.74, 6) is 2.52. The van der Waals surface area contributed by atoms with Crippen LogP contribution in [-0.4, -0.2) is 35.1 Å². The molecule has 18 heavy (non-hydrogen) atoms. The molecule has 0 atom stereocenters. The Kier molecular flexibility index (Phi) is 4.92. The number of rotatable bonds is 3. The van der Waals surface area contributed by atoms with Gasteiger partial charge < -0.3 is 10.2 Å². The minimum Gasteiger partial charge on any atom is -0.347 e. The Hall–Kier alpha value is -0.260. The van der Waals surface area contributed by atoms with Gasteiger partial charge in [-0.05, 0) is 32.9 Å². The van der Waals surface area contributed by atoms with E-state index in [2.05, 4.69) is 47.7 Å². The van der Waals surface area contributed by atoms with Gasteiger partial charge in [0.1, 0.15) is 0 Å². The fourth-order valence-electron chi connectivity index (χ4n) is 1.81. The first kappa shape index (κ1) is 14.2. The molecule has 1 aliphatic heterocycles. The first-order chi connectivity index (χ1) is 8.54. The van der Waals surface area contributed by atoms with Crippen LogP contribution >= 0.6 is 23.1 Å². The molecule has 1 saturated heterocycles. The van der Waals surface area contributed by atoms with E-state index in [1.807, 2.05) is 17.5 Å². The lowest BCUT2D eigenvalue weighted by Gasteiger charge is -2.20. The molecule has 2 rings (SSSR count). The first-order valence-corrected chi connectivity index (χ1v) is 8.54. The third-order valence-corrected chi connectivity index (χ3v) is 4.93. The minimum atomic E-state index is 0.170. The van der Waals surface area contributed by atoms with E-state index in [1.165, 1.54) is 27.9 Å². The molecule has 1 aliphatic rings. The Bertz CT molecular complexity index is 363. The monoisotopic (exact) mass is 285 g/mol. The van der Waals surface area contributed by atoms with Crippen molar-refractivity contribution in [2.24, 2.45) is 0 Å². The summed E-state index contributed by atoms with van der Waals surface area (Å²) in [6.07, 6.45) is 3.30. The molecule has 0 aromatic carbocycles. The van der Waals surface area contributed by atoms with Gasteiger partial charge in [0.15, 0.2) is 5.13 Å². The van der Waals surface area contributed by atoms with E-state index in [-0.39, 0.29) is 5.54 Å². The van der Waals surface area contributed by atoms with E-state index in [0.29, 0.717) is 0 Å². The van der Waals surface area contributed by atoms with Crippen LogP contribution in [0.3, 0.4) is 0 Å². The van der Waals surface area contributed by atoms with E-state index in [0.717, 1.165) is 19.6 Å². The van der Waals surface area contributed by atoms with Crippen molar-refractivity contribution in [1.29, 1.82) is 0 Å². The van der Waals surface area contributed by atoms with E-state index in [9.17, 15) is 0 Å². The molecule has 0 saturated carbocycles. The summed E-state index contributed by atoms with van der Waals surface area (Å²) in [6, 6.07) is 0. The fourth-order valence-corrected chi connectivity index (χ4v) is 3.60. The van der Waals surface area contributed by atoms with Crippen molar-refractivity contribution >= 4 is 28.2 Å². The highest BCUT2D eigenvalue weighted by Gasteiger charge is 2.14. The molecule has 5 heteroatoms. The zero-order valence-electron chi connectivity index (χ0n) is 11.5. The molecule has 1 aromatic rings. The molecule has 0 amide bonds. The maximum Gasteiger partial charge on any atom is 0.185 e. The normalized spacial score (nSPS) is 17.8. The summed E-state index contributed by atoms with van der Waals surface area (Å²) < 4.78 is 0. The summed E-state index contributed by atoms with van der Waals surface area (Å²) in [5.41, 5.74) is 0.170. The summed E-state index contributed by atoms with van der Waals surface area (Å²) in [7, 11) is 0. The Morgan fingerprint density at radius 2 is 2.17 bits per heavy atom. The number of hydrogen-bond acceptors (Lipinski definition) is 5. The Morgan fingerprint density at radius 3 is 2.94 bits per heavy atom. The van der Waals surface area contributed by atoms with Crippen molar-refractivity contribution in [2.75, 3.05) is 29.5 Å². The van der Waals surface area contributed by atoms with Gasteiger partial charge in [-0.3, -0.25) is 0 Å². The van der Waals surface area contributed by atoms with Crippen LogP contribution in [0.4, 0.5) is 5.13 Å². The molecular formula is C13H23N3S2. The Labute approximate surface area is 118 Å². The molecule has 1 fully saturated rings. The van der Waals surface area contributed by atoms with E-state index in [1.54, 1.807) is 0 Å². The zero-order chi connectivity index (χ0) is 13.0. The number of hydrogen-bond donors (Lipinski definition) is 1. The molecule has 102 valence electrons. The zero-order valence-corrected chi connectivity index (χ0v) is 13.2. The number of anilines is 1. The van der Waals surface area contributed by atoms with Crippen molar-refractivity contribution < 1.29 is 0 Å². The summed E-state index contributed by atoms with van der Waals surface area (Å²) >= 11 is 3.89. The minimum absolute atomic E-state index is 0.170. The summed E-state index contributed by atoms with van der Waals surface area (Å²) in [5, 5.41) is 4.71. The SMILES string of the molecule is CC(C)(C)NCc1cnc(N2CCCSCC2)s1. The molecule has 1 N–H and O–H groups in total. The number of thioether (sulfide) groups is 1. The molecule has 2 heterocycles. The van der Waals surface area contributed by atoms with Crippen LogP contribution in [0.15, 0.2) is 6.20 Å². The van der Waals surface area contributed by atoms with Gasteiger partial charge in [0, 0.05) is 42.0 Å². The van der Waals surface area contributed by atoms with E-state index < -0.39 is 0 Å². The second-order valence-electron chi connectivity index (χ2n) is 5.67. The molecule has 1 aromatic heterocycles. The Morgan fingerprint density at radius 1 is 1.33 bits per heavy atom. The third kappa shape index (κ3) is 4.44. The second kappa shape index (κ2) is 6.26. The number of nitrogens with one attached hydrogen (secondary N) is 1. The largest absolute Gasteiger partial charge is 0.347 e. The van der Waals surface area contributed by atoms with Gasteiger partial charge in [-0.2, -0.15) is 11.8 Å². The highest BCUT2D eigenvalue weighted by Crippen LogP contribution is 2.25. The molecule has 0 radical (unpaired) electrons. The maximum absolute atomic E-state index is 4.58. The lowest BCUT2D eigenvalue weighted by atomic mass is 10.1. The van der Waals surface area contributed by atoms with Gasteiger partial charge in [-0.1, -0.05) is 0 Å². The smallest absolute Gasteiger partial charge is 0.185 e. The van der Waals surface area contributed by atoms with Gasteiger partial charge in [-0.25, -0.2) is 4.98 Å². The average molecular weight is 285 g/mol. The van der Waals surface area contributed by atoms with Crippen LogP contribution < -0.4 is 10.2 Å². The lowest BCUT2D eigenvalue weighted by Crippen LogP contribution is -2.34. The van der Waals surface area contributed by atoms with Gasteiger partial charge in [-0.15, -0.1) is 11.3 Å². The van der Waals surface area contributed by atoms with Crippen LogP contribution in [0, 0.1) is 0 Å². The van der Waals surface area contributed by atoms with Gasteiger partial charge in [0.2, 0.25) is 0 Å². The van der Waals surface area contributed by atoms with Crippen LogP contribution in [0.2, 0.25) is 0 Å². The highest BCUT2D eigenvalue weighted by molar-refractivity contribution is 7.99. The molecular weight excluding hydrogens is 262 g/mol. The first-order valence-electron chi connectivity index (χ1n) is 6.57. The van der Waals surface area contributed by atoms with Crippen molar-refractivity contribution in [3.05, 3.63) is 11.1 Å². The van der Waals surface area contributed by atoms with Crippen LogP contribution in [-0.2, 0) is 6.54 Å². The van der Waals surface area contributed by atoms with Crippen LogP contribution in [0.1, 0.15) is 32.1 Å². The molecule has 0 spiro atoms. The predicted octanol–water partition coefficient (Wildman–Crippen LogP) is 2.97. The third-order valence-electron chi connectivity index (χ3n) is 2.83. The lowest BCUT2D eigenvalue weighted by molar-refractivity contribution is 0.426. The van der Waals surface area contributed by atoms with Gasteiger partial charge in [0.05, 0.1) is 0 Å². The Balaban J connectivity index is 1.92. The topological polar surface area (TPSA) is 28.2 Å². The van der Waals surface area contributed by atoms with Gasteiger partial charge in [0.25, 0.3) is 0 Å². The number of thiazole rings is 1. The number of aromatic nitrogens is 1. The summed E-state index contributed by atoms with van der Waals surface area (Å²) in [6.45, 7) is 9.81. The van der Waals surface area contributed by atoms with E-state index >= 15 is 0 Å². The molecule has 3 nitrogen and oxygen atoms in total. The van der Waals surface area contributed by atoms with Crippen molar-refractivity contribution in [1.82, 2.24) is 10.3 Å². The predicted molar refractivity (Wildman–Crippen MR) is 82.9 cm³/mol. The molecule has 0 bridgehead atoms.